The monoisotopic (exact) mass is 376 g/mol. The molecule has 4 rings (SSSR count). The molecule has 0 amide bonds. The van der Waals surface area contributed by atoms with E-state index in [1.807, 2.05) is 6.07 Å². The van der Waals surface area contributed by atoms with Crippen LogP contribution in [-0.2, 0) is 0 Å². The molecule has 0 fully saturated rings. The van der Waals surface area contributed by atoms with Crippen LogP contribution in [0.25, 0.3) is 33.4 Å². The molecule has 1 nitrogen and oxygen atoms in total. The molecule has 0 saturated heterocycles. The predicted molar refractivity (Wildman–Crippen MR) is 104 cm³/mol. The quantitative estimate of drug-likeness (QED) is 0.362. The second-order valence-electron chi connectivity index (χ2n) is 6.18. The Labute approximate surface area is 150 Å². The summed E-state index contributed by atoms with van der Waals surface area (Å²) in [7, 11) is 0. The van der Waals surface area contributed by atoms with Crippen molar-refractivity contribution in [2.45, 2.75) is 13.8 Å². The topological polar surface area (TPSA) is 13.1 Å². The molecule has 24 heavy (non-hydrogen) atoms. The van der Waals surface area contributed by atoms with Crippen molar-refractivity contribution >= 4 is 26.9 Å². The molecule has 0 atom stereocenters. The van der Waals surface area contributed by atoms with Crippen LogP contribution in [0.4, 0.5) is 0 Å². The van der Waals surface area contributed by atoms with Crippen molar-refractivity contribution in [3.05, 3.63) is 82.3 Å². The van der Waals surface area contributed by atoms with Crippen LogP contribution in [0.5, 0.6) is 0 Å². The lowest BCUT2D eigenvalue weighted by Gasteiger charge is -2.05. The molecule has 0 saturated carbocycles. The summed E-state index contributed by atoms with van der Waals surface area (Å²) in [5.74, 6) is 0.923. The normalized spacial score (nSPS) is 11.1. The first-order valence-electron chi connectivity index (χ1n) is 7.98. The molecule has 0 unspecified atom stereocenters. The number of rotatable bonds is 2. The minimum absolute atomic E-state index is 0.899. The third kappa shape index (κ3) is 2.67. The molecule has 0 aliphatic heterocycles. The first-order chi connectivity index (χ1) is 11.6. The minimum Gasteiger partial charge on any atom is -0.455 e. The average molecular weight is 377 g/mol. The number of aryl methyl sites for hydroxylation is 2. The van der Waals surface area contributed by atoms with Crippen LogP contribution in [0.1, 0.15) is 11.1 Å². The van der Waals surface area contributed by atoms with Gasteiger partial charge in [0.2, 0.25) is 0 Å². The van der Waals surface area contributed by atoms with Crippen LogP contribution in [0.15, 0.2) is 75.6 Å². The van der Waals surface area contributed by atoms with Gasteiger partial charge in [-0.25, -0.2) is 0 Å². The maximum atomic E-state index is 6.26. The van der Waals surface area contributed by atoms with Crippen molar-refractivity contribution in [3.8, 4) is 22.5 Å². The smallest absolute Gasteiger partial charge is 0.143 e. The summed E-state index contributed by atoms with van der Waals surface area (Å²) in [5.41, 5.74) is 6.83. The van der Waals surface area contributed by atoms with Crippen molar-refractivity contribution < 1.29 is 4.42 Å². The van der Waals surface area contributed by atoms with Gasteiger partial charge in [0.1, 0.15) is 11.3 Å². The van der Waals surface area contributed by atoms with E-state index in [4.69, 9.17) is 4.42 Å². The fourth-order valence-electron chi connectivity index (χ4n) is 2.99. The Morgan fingerprint density at radius 1 is 0.708 bits per heavy atom. The molecule has 118 valence electrons. The van der Waals surface area contributed by atoms with Gasteiger partial charge in [0.05, 0.1) is 0 Å². The maximum Gasteiger partial charge on any atom is 0.143 e. The van der Waals surface area contributed by atoms with Crippen LogP contribution in [-0.4, -0.2) is 0 Å². The minimum atomic E-state index is 0.899. The van der Waals surface area contributed by atoms with Gasteiger partial charge >= 0.3 is 0 Å². The summed E-state index contributed by atoms with van der Waals surface area (Å²) in [6.07, 6.45) is 0. The number of halogens is 1. The largest absolute Gasteiger partial charge is 0.455 e. The molecule has 0 aliphatic carbocycles. The fraction of sp³-hybridized carbons (Fsp3) is 0.0909. The first kappa shape index (κ1) is 15.2. The standard InChI is InChI=1S/C22H17BrO/c1-14-3-7-16(8-4-14)21-19-12-11-18(23)13-20(19)24-22(21)17-9-5-15(2)6-10-17/h3-13H,1-2H3. The number of furan rings is 1. The molecule has 0 N–H and O–H groups in total. The zero-order valence-corrected chi connectivity index (χ0v) is 15.2. The molecule has 2 heteroatoms. The van der Waals surface area contributed by atoms with Gasteiger partial charge in [-0.15, -0.1) is 0 Å². The second-order valence-corrected chi connectivity index (χ2v) is 7.09. The number of fused-ring (bicyclic) bond motifs is 1. The van der Waals surface area contributed by atoms with E-state index in [1.165, 1.54) is 16.7 Å². The van der Waals surface area contributed by atoms with Gasteiger partial charge in [0, 0.05) is 21.0 Å². The lowest BCUT2D eigenvalue weighted by atomic mass is 9.97. The second kappa shape index (κ2) is 5.95. The van der Waals surface area contributed by atoms with Gasteiger partial charge in [0.25, 0.3) is 0 Å². The summed E-state index contributed by atoms with van der Waals surface area (Å²) in [6.45, 7) is 4.20. The van der Waals surface area contributed by atoms with E-state index >= 15 is 0 Å². The lowest BCUT2D eigenvalue weighted by molar-refractivity contribution is 0.632. The van der Waals surface area contributed by atoms with Gasteiger partial charge in [-0.2, -0.15) is 0 Å². The van der Waals surface area contributed by atoms with E-state index in [-0.39, 0.29) is 0 Å². The van der Waals surface area contributed by atoms with Gasteiger partial charge in [-0.3, -0.25) is 0 Å². The molecular formula is C22H17BrO. The van der Waals surface area contributed by atoms with Crippen LogP contribution >= 0.6 is 15.9 Å². The fourth-order valence-corrected chi connectivity index (χ4v) is 3.33. The number of benzene rings is 3. The van der Waals surface area contributed by atoms with E-state index in [2.05, 4.69) is 90.4 Å². The lowest BCUT2D eigenvalue weighted by Crippen LogP contribution is -1.82. The van der Waals surface area contributed by atoms with E-state index in [0.717, 1.165) is 32.3 Å². The highest BCUT2D eigenvalue weighted by Crippen LogP contribution is 2.41. The Morgan fingerprint density at radius 3 is 1.92 bits per heavy atom. The van der Waals surface area contributed by atoms with Gasteiger partial charge < -0.3 is 4.42 Å². The SMILES string of the molecule is Cc1ccc(-c2oc3cc(Br)ccc3c2-c2ccc(C)cc2)cc1. The highest BCUT2D eigenvalue weighted by molar-refractivity contribution is 9.10. The molecule has 0 aliphatic rings. The molecule has 0 spiro atoms. The van der Waals surface area contributed by atoms with Crippen LogP contribution in [0.3, 0.4) is 0 Å². The molecule has 4 aromatic rings. The molecule has 0 radical (unpaired) electrons. The highest BCUT2D eigenvalue weighted by Gasteiger charge is 2.17. The van der Waals surface area contributed by atoms with Gasteiger partial charge in [-0.05, 0) is 37.6 Å². The average Bonchev–Trinajstić information content (AvgIpc) is 2.94. The van der Waals surface area contributed by atoms with E-state index < -0.39 is 0 Å². The van der Waals surface area contributed by atoms with E-state index in [0.29, 0.717) is 0 Å². The van der Waals surface area contributed by atoms with Crippen molar-refractivity contribution in [3.63, 3.8) is 0 Å². The first-order valence-corrected chi connectivity index (χ1v) is 8.77. The third-order valence-electron chi connectivity index (χ3n) is 4.31. The summed E-state index contributed by atoms with van der Waals surface area (Å²) in [4.78, 5) is 0. The summed E-state index contributed by atoms with van der Waals surface area (Å²) in [5, 5.41) is 1.14. The summed E-state index contributed by atoms with van der Waals surface area (Å²) in [6, 6.07) is 23.3. The Balaban J connectivity index is 2.02. The number of hydrogen-bond acceptors (Lipinski definition) is 1. The Bertz CT molecular complexity index is 1010. The van der Waals surface area contributed by atoms with E-state index in [1.54, 1.807) is 0 Å². The maximum absolute atomic E-state index is 6.26. The molecule has 1 heterocycles. The molecule has 0 bridgehead atoms. The Hall–Kier alpha value is -2.32. The van der Waals surface area contributed by atoms with Crippen molar-refractivity contribution in [2.24, 2.45) is 0 Å². The molecule has 3 aromatic carbocycles. The zero-order chi connectivity index (χ0) is 16.7. The zero-order valence-electron chi connectivity index (χ0n) is 13.6. The van der Waals surface area contributed by atoms with Crippen LogP contribution in [0.2, 0.25) is 0 Å². The molecule has 1 aromatic heterocycles. The van der Waals surface area contributed by atoms with Crippen molar-refractivity contribution in [1.82, 2.24) is 0 Å². The predicted octanol–water partition coefficient (Wildman–Crippen LogP) is 7.15. The van der Waals surface area contributed by atoms with Crippen LogP contribution < -0.4 is 0 Å². The molecular weight excluding hydrogens is 360 g/mol. The highest BCUT2D eigenvalue weighted by atomic mass is 79.9. The Kier molecular flexibility index (Phi) is 3.78. The number of hydrogen-bond donors (Lipinski definition) is 0. The van der Waals surface area contributed by atoms with Gasteiger partial charge in [-0.1, -0.05) is 75.6 Å². The summed E-state index contributed by atoms with van der Waals surface area (Å²) >= 11 is 3.54. The Morgan fingerprint density at radius 2 is 1.29 bits per heavy atom. The summed E-state index contributed by atoms with van der Waals surface area (Å²) < 4.78 is 7.28. The van der Waals surface area contributed by atoms with Gasteiger partial charge in [0.15, 0.2) is 0 Å². The third-order valence-corrected chi connectivity index (χ3v) is 4.80. The van der Waals surface area contributed by atoms with Crippen molar-refractivity contribution in [2.75, 3.05) is 0 Å². The van der Waals surface area contributed by atoms with E-state index in [9.17, 15) is 0 Å². The van der Waals surface area contributed by atoms with Crippen LogP contribution in [0, 0.1) is 13.8 Å². The van der Waals surface area contributed by atoms with Crippen molar-refractivity contribution in [1.29, 1.82) is 0 Å².